The van der Waals surface area contributed by atoms with Crippen LogP contribution in [0.1, 0.15) is 50.4 Å². The van der Waals surface area contributed by atoms with Crippen LogP contribution in [0.3, 0.4) is 0 Å². The summed E-state index contributed by atoms with van der Waals surface area (Å²) in [5.41, 5.74) is 1.83. The second-order valence-electron chi connectivity index (χ2n) is 7.64. The Morgan fingerprint density at radius 2 is 1.90 bits per heavy atom. The van der Waals surface area contributed by atoms with E-state index in [9.17, 15) is 18.0 Å². The Bertz CT molecular complexity index is 1090. The molecular formula is C21H24N2O5S2. The van der Waals surface area contributed by atoms with Crippen LogP contribution in [0, 0.1) is 0 Å². The average Bonchev–Trinajstić information content (AvgIpc) is 3.26. The number of carbonyl (C=O) groups is 2. The molecule has 0 saturated carbocycles. The van der Waals surface area contributed by atoms with Crippen LogP contribution in [0.25, 0.3) is 0 Å². The number of thiophene rings is 1. The number of hydrogen-bond acceptors (Lipinski definition) is 6. The number of rotatable bonds is 5. The van der Waals surface area contributed by atoms with E-state index in [4.69, 9.17) is 4.74 Å². The monoisotopic (exact) mass is 448 g/mol. The summed E-state index contributed by atoms with van der Waals surface area (Å²) in [6, 6.07) is 6.53. The molecule has 30 heavy (non-hydrogen) atoms. The van der Waals surface area contributed by atoms with Gasteiger partial charge in [-0.3, -0.25) is 9.59 Å². The largest absolute Gasteiger partial charge is 0.496 e. The zero-order chi connectivity index (χ0) is 21.3. The van der Waals surface area contributed by atoms with E-state index in [0.717, 1.165) is 36.1 Å². The van der Waals surface area contributed by atoms with Gasteiger partial charge in [0.1, 0.15) is 10.8 Å². The minimum absolute atomic E-state index is 0.0338. The van der Waals surface area contributed by atoms with E-state index < -0.39 is 9.84 Å². The third-order valence-electron chi connectivity index (χ3n) is 5.54. The van der Waals surface area contributed by atoms with Crippen LogP contribution in [0.2, 0.25) is 0 Å². The number of fused-ring (bicyclic) bond motifs is 1. The first kappa shape index (κ1) is 20.9. The molecule has 4 rings (SSSR count). The fourth-order valence-electron chi connectivity index (χ4n) is 4.06. The second-order valence-corrected chi connectivity index (χ2v) is 11.0. The predicted octanol–water partition coefficient (Wildman–Crippen LogP) is 2.80. The maximum atomic E-state index is 13.1. The zero-order valence-corrected chi connectivity index (χ0v) is 18.3. The average molecular weight is 449 g/mol. The number of amides is 2. The Morgan fingerprint density at radius 1 is 1.13 bits per heavy atom. The Labute approximate surface area is 179 Å². The van der Waals surface area contributed by atoms with Crippen molar-refractivity contribution in [1.82, 2.24) is 5.32 Å². The molecule has 2 amide bonds. The van der Waals surface area contributed by atoms with Gasteiger partial charge in [0.2, 0.25) is 0 Å². The van der Waals surface area contributed by atoms with Crippen LogP contribution in [0.5, 0.6) is 5.75 Å². The molecule has 2 aliphatic rings. The highest BCUT2D eigenvalue weighted by molar-refractivity contribution is 7.91. The minimum Gasteiger partial charge on any atom is -0.496 e. The highest BCUT2D eigenvalue weighted by Gasteiger charge is 2.32. The Kier molecular flexibility index (Phi) is 5.84. The van der Waals surface area contributed by atoms with Gasteiger partial charge < -0.3 is 15.4 Å². The van der Waals surface area contributed by atoms with Crippen LogP contribution in [0.4, 0.5) is 5.00 Å². The number of aryl methyl sites for hydroxylation is 1. The summed E-state index contributed by atoms with van der Waals surface area (Å²) in [6.07, 6.45) is 4.12. The lowest BCUT2D eigenvalue weighted by Gasteiger charge is -2.16. The molecule has 0 spiro atoms. The molecule has 1 aromatic heterocycles. The van der Waals surface area contributed by atoms with Crippen LogP contribution in [-0.4, -0.2) is 44.9 Å². The number of methoxy groups -OCH3 is 1. The van der Waals surface area contributed by atoms with E-state index in [1.54, 1.807) is 24.3 Å². The number of anilines is 1. The highest BCUT2D eigenvalue weighted by Crippen LogP contribution is 2.38. The molecule has 2 heterocycles. The van der Waals surface area contributed by atoms with Gasteiger partial charge in [-0.1, -0.05) is 12.1 Å². The van der Waals surface area contributed by atoms with Gasteiger partial charge in [-0.25, -0.2) is 8.42 Å². The number of carbonyl (C=O) groups excluding carboxylic acids is 2. The zero-order valence-electron chi connectivity index (χ0n) is 16.7. The van der Waals surface area contributed by atoms with Crippen molar-refractivity contribution in [1.29, 1.82) is 0 Å². The molecule has 0 radical (unpaired) electrons. The smallest absolute Gasteiger partial charge is 0.260 e. The van der Waals surface area contributed by atoms with Gasteiger partial charge in [0.15, 0.2) is 9.84 Å². The van der Waals surface area contributed by atoms with Crippen molar-refractivity contribution < 1.29 is 22.7 Å². The summed E-state index contributed by atoms with van der Waals surface area (Å²) in [4.78, 5) is 27.2. The van der Waals surface area contributed by atoms with Crippen molar-refractivity contribution in [2.24, 2.45) is 0 Å². The molecule has 2 aromatic rings. The normalized spacial score (nSPS) is 19.7. The van der Waals surface area contributed by atoms with E-state index >= 15 is 0 Å². The molecular weight excluding hydrogens is 424 g/mol. The van der Waals surface area contributed by atoms with Gasteiger partial charge in [-0.15, -0.1) is 11.3 Å². The number of benzene rings is 1. The topological polar surface area (TPSA) is 102 Å². The number of nitrogens with one attached hydrogen (secondary N) is 2. The molecule has 1 unspecified atom stereocenters. The summed E-state index contributed by atoms with van der Waals surface area (Å²) in [5, 5.41) is 6.29. The fourth-order valence-corrected chi connectivity index (χ4v) is 7.02. The number of para-hydroxylation sites is 1. The molecule has 1 fully saturated rings. The summed E-state index contributed by atoms with van der Waals surface area (Å²) >= 11 is 1.43. The third kappa shape index (κ3) is 4.22. The van der Waals surface area contributed by atoms with E-state index in [2.05, 4.69) is 10.6 Å². The standard InChI is InChI=1S/C21H24N2O5S2/c1-28-16-8-4-2-6-14(16)19(24)23-21-18(15-7-3-5-9-17(15)29-21)20(25)22-13-10-11-30(26,27)12-13/h2,4,6,8,13H,3,5,7,9-12H2,1H3,(H,22,25)(H,23,24). The van der Waals surface area contributed by atoms with Crippen molar-refractivity contribution >= 4 is 38.0 Å². The van der Waals surface area contributed by atoms with Crippen LogP contribution >= 0.6 is 11.3 Å². The first-order chi connectivity index (χ1) is 14.4. The second kappa shape index (κ2) is 8.39. The van der Waals surface area contributed by atoms with E-state index in [-0.39, 0.29) is 29.4 Å². The molecule has 1 atom stereocenters. The Morgan fingerprint density at radius 3 is 2.63 bits per heavy atom. The summed E-state index contributed by atoms with van der Waals surface area (Å²) in [5.74, 6) is -0.140. The van der Waals surface area contributed by atoms with Crippen LogP contribution in [-0.2, 0) is 22.7 Å². The predicted molar refractivity (Wildman–Crippen MR) is 116 cm³/mol. The van der Waals surface area contributed by atoms with Crippen molar-refractivity contribution in [2.75, 3.05) is 23.9 Å². The number of sulfone groups is 1. The lowest BCUT2D eigenvalue weighted by atomic mass is 9.95. The lowest BCUT2D eigenvalue weighted by Crippen LogP contribution is -2.36. The molecule has 7 nitrogen and oxygen atoms in total. The van der Waals surface area contributed by atoms with E-state index in [1.165, 1.54) is 18.4 Å². The number of ether oxygens (including phenoxy) is 1. The van der Waals surface area contributed by atoms with Crippen molar-refractivity contribution in [3.63, 3.8) is 0 Å². The van der Waals surface area contributed by atoms with Gasteiger partial charge in [-0.05, 0) is 49.8 Å². The molecule has 1 aliphatic carbocycles. The van der Waals surface area contributed by atoms with Gasteiger partial charge in [-0.2, -0.15) is 0 Å². The molecule has 1 saturated heterocycles. The van der Waals surface area contributed by atoms with Gasteiger partial charge in [0.25, 0.3) is 11.8 Å². The van der Waals surface area contributed by atoms with Crippen molar-refractivity contribution in [3.05, 3.63) is 45.8 Å². The molecule has 1 aliphatic heterocycles. The maximum Gasteiger partial charge on any atom is 0.260 e. The molecule has 2 N–H and O–H groups in total. The quantitative estimate of drug-likeness (QED) is 0.732. The summed E-state index contributed by atoms with van der Waals surface area (Å²) in [6.45, 7) is 0. The molecule has 160 valence electrons. The summed E-state index contributed by atoms with van der Waals surface area (Å²) < 4.78 is 28.8. The molecule has 9 heteroatoms. The van der Waals surface area contributed by atoms with Gasteiger partial charge in [0.05, 0.1) is 29.7 Å². The third-order valence-corrected chi connectivity index (χ3v) is 8.52. The van der Waals surface area contributed by atoms with Gasteiger partial charge in [0, 0.05) is 10.9 Å². The highest BCUT2D eigenvalue weighted by atomic mass is 32.2. The first-order valence-corrected chi connectivity index (χ1v) is 12.6. The Hall–Kier alpha value is -2.39. The lowest BCUT2D eigenvalue weighted by molar-refractivity contribution is 0.0941. The van der Waals surface area contributed by atoms with Crippen LogP contribution in [0.15, 0.2) is 24.3 Å². The van der Waals surface area contributed by atoms with Crippen molar-refractivity contribution in [2.45, 2.75) is 38.1 Å². The summed E-state index contributed by atoms with van der Waals surface area (Å²) in [7, 11) is -1.59. The first-order valence-electron chi connectivity index (χ1n) is 9.98. The Balaban J connectivity index is 1.62. The molecule has 0 bridgehead atoms. The van der Waals surface area contributed by atoms with E-state index in [1.807, 2.05) is 0 Å². The SMILES string of the molecule is COc1ccccc1C(=O)Nc1sc2c(c1C(=O)NC1CCS(=O)(=O)C1)CCCC2. The fraction of sp³-hybridized carbons (Fsp3) is 0.429. The van der Waals surface area contributed by atoms with E-state index in [0.29, 0.717) is 28.3 Å². The minimum atomic E-state index is -3.10. The van der Waals surface area contributed by atoms with Gasteiger partial charge >= 0.3 is 0 Å². The number of hydrogen-bond donors (Lipinski definition) is 2. The van der Waals surface area contributed by atoms with Crippen LogP contribution < -0.4 is 15.4 Å². The van der Waals surface area contributed by atoms with Crippen molar-refractivity contribution in [3.8, 4) is 5.75 Å². The maximum absolute atomic E-state index is 13.1. The molecule has 1 aromatic carbocycles.